The molecule has 2 aromatic rings. The molecule has 0 aliphatic heterocycles. The van der Waals surface area contributed by atoms with Crippen LogP contribution in [0, 0.1) is 6.92 Å². The molecule has 0 atom stereocenters. The minimum atomic E-state index is -0.266. The molecule has 0 heterocycles. The van der Waals surface area contributed by atoms with Gasteiger partial charge >= 0.3 is 0 Å². The summed E-state index contributed by atoms with van der Waals surface area (Å²) in [5.74, 6) is -0.530. The van der Waals surface area contributed by atoms with Crippen LogP contribution in [0.25, 0.3) is 0 Å². The van der Waals surface area contributed by atoms with Gasteiger partial charge in [-0.1, -0.05) is 15.9 Å². The maximum atomic E-state index is 12.2. The number of amides is 2. The molecule has 0 radical (unpaired) electrons. The maximum Gasteiger partial charge on any atom is 0.251 e. The van der Waals surface area contributed by atoms with Crippen molar-refractivity contribution in [2.45, 2.75) is 20.8 Å². The first-order valence-corrected chi connectivity index (χ1v) is 9.43. The zero-order valence-corrected chi connectivity index (χ0v) is 16.9. The molecule has 0 saturated carbocycles. The van der Waals surface area contributed by atoms with Crippen LogP contribution in [-0.4, -0.2) is 31.4 Å². The number of carbonyl (C=O) groups is 2. The van der Waals surface area contributed by atoms with Gasteiger partial charge in [0, 0.05) is 34.5 Å². The highest BCUT2D eigenvalue weighted by Gasteiger charge is 2.10. The summed E-state index contributed by atoms with van der Waals surface area (Å²) in [5.41, 5.74) is 3.34. The smallest absolute Gasteiger partial charge is 0.251 e. The molecule has 0 fully saturated rings. The zero-order chi connectivity index (χ0) is 19.1. The van der Waals surface area contributed by atoms with Crippen LogP contribution < -0.4 is 15.5 Å². The molecule has 138 valence electrons. The van der Waals surface area contributed by atoms with E-state index in [0.29, 0.717) is 11.3 Å². The number of halogens is 1. The lowest BCUT2D eigenvalue weighted by Gasteiger charge is -2.21. The van der Waals surface area contributed by atoms with Crippen molar-refractivity contribution in [3.63, 3.8) is 0 Å². The summed E-state index contributed by atoms with van der Waals surface area (Å²) in [6.45, 7) is 7.88. The predicted molar refractivity (Wildman–Crippen MR) is 110 cm³/mol. The number of benzene rings is 2. The van der Waals surface area contributed by atoms with Crippen molar-refractivity contribution in [3.05, 3.63) is 58.1 Å². The second kappa shape index (κ2) is 9.38. The monoisotopic (exact) mass is 417 g/mol. The summed E-state index contributed by atoms with van der Waals surface area (Å²) in [6.07, 6.45) is 0. The highest BCUT2D eigenvalue weighted by Crippen LogP contribution is 2.20. The predicted octanol–water partition coefficient (Wildman–Crippen LogP) is 3.97. The summed E-state index contributed by atoms with van der Waals surface area (Å²) in [4.78, 5) is 26.4. The van der Waals surface area contributed by atoms with E-state index in [4.69, 9.17) is 0 Å². The van der Waals surface area contributed by atoms with E-state index in [1.165, 1.54) is 0 Å². The first-order valence-electron chi connectivity index (χ1n) is 8.63. The molecule has 0 bridgehead atoms. The van der Waals surface area contributed by atoms with Gasteiger partial charge in [-0.15, -0.1) is 0 Å². The molecule has 0 aliphatic rings. The fraction of sp³-hybridized carbons (Fsp3) is 0.300. The van der Waals surface area contributed by atoms with Gasteiger partial charge in [0.2, 0.25) is 5.91 Å². The molecule has 0 spiro atoms. The summed E-state index contributed by atoms with van der Waals surface area (Å²) in [5, 5.41) is 5.42. The Morgan fingerprint density at radius 2 is 1.69 bits per heavy atom. The van der Waals surface area contributed by atoms with Crippen LogP contribution in [0.15, 0.2) is 46.9 Å². The quantitative estimate of drug-likeness (QED) is 0.716. The van der Waals surface area contributed by atoms with E-state index in [-0.39, 0.29) is 18.4 Å². The number of nitrogens with zero attached hydrogens (tertiary/aromatic N) is 1. The van der Waals surface area contributed by atoms with Gasteiger partial charge in [-0.3, -0.25) is 9.59 Å². The van der Waals surface area contributed by atoms with E-state index in [9.17, 15) is 9.59 Å². The largest absolute Gasteiger partial charge is 0.372 e. The molecular weight excluding hydrogens is 394 g/mol. The summed E-state index contributed by atoms with van der Waals surface area (Å²) in [7, 11) is 0. The van der Waals surface area contributed by atoms with Crippen LogP contribution in [0.4, 0.5) is 11.4 Å². The van der Waals surface area contributed by atoms with E-state index < -0.39 is 0 Å². The molecule has 0 aliphatic carbocycles. The molecular formula is C20H24BrN3O2. The Kier molecular flexibility index (Phi) is 7.21. The Morgan fingerprint density at radius 1 is 1.04 bits per heavy atom. The molecule has 5 nitrogen and oxygen atoms in total. The van der Waals surface area contributed by atoms with Gasteiger partial charge < -0.3 is 15.5 Å². The van der Waals surface area contributed by atoms with E-state index in [0.717, 1.165) is 28.8 Å². The number of carbonyl (C=O) groups excluding carboxylic acids is 2. The molecule has 2 rings (SSSR count). The Bertz CT molecular complexity index is 771. The van der Waals surface area contributed by atoms with E-state index in [1.807, 2.05) is 37.3 Å². The third-order valence-corrected chi connectivity index (χ3v) is 5.00. The molecule has 26 heavy (non-hydrogen) atoms. The van der Waals surface area contributed by atoms with Gasteiger partial charge in [-0.05, 0) is 68.8 Å². The molecule has 0 unspecified atom stereocenters. The van der Waals surface area contributed by atoms with Crippen LogP contribution in [0.3, 0.4) is 0 Å². The second-order valence-corrected chi connectivity index (χ2v) is 6.77. The average Bonchev–Trinajstić information content (AvgIpc) is 2.64. The first-order chi connectivity index (χ1) is 12.4. The Balaban J connectivity index is 1.89. The summed E-state index contributed by atoms with van der Waals surface area (Å²) < 4.78 is 0.983. The molecule has 6 heteroatoms. The van der Waals surface area contributed by atoms with Gasteiger partial charge in [-0.2, -0.15) is 0 Å². The maximum absolute atomic E-state index is 12.2. The highest BCUT2D eigenvalue weighted by molar-refractivity contribution is 9.10. The standard InChI is InChI=1S/C20H24BrN3O2/c1-4-24(5-2)17-9-6-15(7-10-17)20(26)22-13-19(25)23-16-8-11-18(21)14(3)12-16/h6-12H,4-5,13H2,1-3H3,(H,22,26)(H,23,25). The minimum absolute atomic E-state index is 0.0776. The van der Waals surface area contributed by atoms with Gasteiger partial charge in [0.1, 0.15) is 0 Å². The van der Waals surface area contributed by atoms with Crippen molar-refractivity contribution in [2.75, 3.05) is 29.9 Å². The van der Waals surface area contributed by atoms with Crippen LogP contribution in [0.2, 0.25) is 0 Å². The Labute approximate surface area is 162 Å². The lowest BCUT2D eigenvalue weighted by atomic mass is 10.2. The topological polar surface area (TPSA) is 61.4 Å². The Hall–Kier alpha value is -2.34. The number of nitrogens with one attached hydrogen (secondary N) is 2. The molecule has 2 N–H and O–H groups in total. The third kappa shape index (κ3) is 5.33. The van der Waals surface area contributed by atoms with Gasteiger partial charge in [0.15, 0.2) is 0 Å². The zero-order valence-electron chi connectivity index (χ0n) is 15.3. The normalized spacial score (nSPS) is 10.3. The van der Waals surface area contributed by atoms with E-state index in [1.54, 1.807) is 12.1 Å². The van der Waals surface area contributed by atoms with Crippen LogP contribution in [0.1, 0.15) is 29.8 Å². The fourth-order valence-electron chi connectivity index (χ4n) is 2.60. The lowest BCUT2D eigenvalue weighted by molar-refractivity contribution is -0.115. The summed E-state index contributed by atoms with van der Waals surface area (Å²) in [6, 6.07) is 13.0. The molecule has 0 saturated heterocycles. The van der Waals surface area contributed by atoms with E-state index in [2.05, 4.69) is 45.3 Å². The SMILES string of the molecule is CCN(CC)c1ccc(C(=O)NCC(=O)Nc2ccc(Br)c(C)c2)cc1. The van der Waals surface area contributed by atoms with Crippen LogP contribution >= 0.6 is 15.9 Å². The van der Waals surface area contributed by atoms with Crippen molar-refractivity contribution in [2.24, 2.45) is 0 Å². The van der Waals surface area contributed by atoms with Crippen molar-refractivity contribution >= 4 is 39.1 Å². The van der Waals surface area contributed by atoms with Crippen molar-refractivity contribution in [3.8, 4) is 0 Å². The third-order valence-electron chi connectivity index (χ3n) is 4.11. The number of hydrogen-bond acceptors (Lipinski definition) is 3. The molecule has 0 aromatic heterocycles. The van der Waals surface area contributed by atoms with Gasteiger partial charge in [-0.25, -0.2) is 0 Å². The van der Waals surface area contributed by atoms with Crippen LogP contribution in [0.5, 0.6) is 0 Å². The number of aryl methyl sites for hydroxylation is 1. The highest BCUT2D eigenvalue weighted by atomic mass is 79.9. The molecule has 2 aromatic carbocycles. The average molecular weight is 418 g/mol. The number of hydrogen-bond donors (Lipinski definition) is 2. The fourth-order valence-corrected chi connectivity index (χ4v) is 2.85. The molecule has 2 amide bonds. The van der Waals surface area contributed by atoms with Gasteiger partial charge in [0.05, 0.1) is 6.54 Å². The van der Waals surface area contributed by atoms with Gasteiger partial charge in [0.25, 0.3) is 5.91 Å². The van der Waals surface area contributed by atoms with Crippen LogP contribution in [-0.2, 0) is 4.79 Å². The number of rotatable bonds is 7. The van der Waals surface area contributed by atoms with Crippen molar-refractivity contribution < 1.29 is 9.59 Å². The van der Waals surface area contributed by atoms with Crippen molar-refractivity contribution in [1.29, 1.82) is 0 Å². The lowest BCUT2D eigenvalue weighted by Crippen LogP contribution is -2.32. The number of anilines is 2. The summed E-state index contributed by atoms with van der Waals surface area (Å²) >= 11 is 3.42. The van der Waals surface area contributed by atoms with E-state index >= 15 is 0 Å². The minimum Gasteiger partial charge on any atom is -0.372 e. The first kappa shape index (κ1) is 20.0. The van der Waals surface area contributed by atoms with Crippen molar-refractivity contribution in [1.82, 2.24) is 5.32 Å². The second-order valence-electron chi connectivity index (χ2n) is 5.91. The Morgan fingerprint density at radius 3 is 2.27 bits per heavy atom.